The van der Waals surface area contributed by atoms with E-state index in [2.05, 4.69) is 4.72 Å². The van der Waals surface area contributed by atoms with Gasteiger partial charge >= 0.3 is 0 Å². The van der Waals surface area contributed by atoms with Crippen LogP contribution < -0.4 is 4.72 Å². The van der Waals surface area contributed by atoms with Crippen LogP contribution in [0.3, 0.4) is 0 Å². The topological polar surface area (TPSA) is 66.5 Å². The Balaban J connectivity index is 1.76. The molecular weight excluding hydrogens is 427 g/mol. The molecule has 30 heavy (non-hydrogen) atoms. The lowest BCUT2D eigenvalue weighted by molar-refractivity contribution is 0.0752. The van der Waals surface area contributed by atoms with Crippen LogP contribution in [0, 0.1) is 5.82 Å². The summed E-state index contributed by atoms with van der Waals surface area (Å²) in [6, 6.07) is 18.3. The molecule has 0 radical (unpaired) electrons. The minimum atomic E-state index is -3.99. The van der Waals surface area contributed by atoms with Crippen LogP contribution in [0.2, 0.25) is 5.02 Å². The Bertz CT molecular complexity index is 1150. The summed E-state index contributed by atoms with van der Waals surface area (Å²) >= 11 is 6.01. The fourth-order valence-electron chi connectivity index (χ4n) is 2.89. The van der Waals surface area contributed by atoms with Crippen molar-refractivity contribution in [3.05, 3.63) is 94.8 Å². The summed E-state index contributed by atoms with van der Waals surface area (Å²) in [5, 5.41) is 0.591. The van der Waals surface area contributed by atoms with Crippen molar-refractivity contribution < 1.29 is 17.6 Å². The molecule has 0 aliphatic rings. The number of rotatable bonds is 7. The lowest BCUT2D eigenvalue weighted by atomic mass is 10.1. The average molecular weight is 447 g/mol. The molecule has 3 rings (SSSR count). The molecule has 0 aromatic heterocycles. The SMILES string of the molecule is CCN(Cc1cccc(Cl)c1)C(=O)c1ccc(S(=O)(=O)Nc2ccccc2F)cc1. The number of benzene rings is 3. The van der Waals surface area contributed by atoms with E-state index in [4.69, 9.17) is 11.6 Å². The lowest BCUT2D eigenvalue weighted by Crippen LogP contribution is -2.30. The minimum absolute atomic E-state index is 0.0693. The number of hydrogen-bond acceptors (Lipinski definition) is 3. The van der Waals surface area contributed by atoms with E-state index in [0.29, 0.717) is 23.7 Å². The van der Waals surface area contributed by atoms with Crippen LogP contribution in [0.4, 0.5) is 10.1 Å². The zero-order valence-corrected chi connectivity index (χ0v) is 17.8. The van der Waals surface area contributed by atoms with E-state index in [1.165, 1.54) is 48.5 Å². The Labute approximate surface area is 180 Å². The first-order chi connectivity index (χ1) is 14.3. The summed E-state index contributed by atoms with van der Waals surface area (Å²) in [5.74, 6) is -0.907. The van der Waals surface area contributed by atoms with Gasteiger partial charge in [0, 0.05) is 23.7 Å². The highest BCUT2D eigenvalue weighted by molar-refractivity contribution is 7.92. The maximum Gasteiger partial charge on any atom is 0.261 e. The van der Waals surface area contributed by atoms with Gasteiger partial charge in [0.25, 0.3) is 15.9 Å². The largest absolute Gasteiger partial charge is 0.335 e. The van der Waals surface area contributed by atoms with Gasteiger partial charge in [-0.25, -0.2) is 12.8 Å². The van der Waals surface area contributed by atoms with Crippen molar-refractivity contribution in [2.45, 2.75) is 18.4 Å². The van der Waals surface area contributed by atoms with E-state index in [1.807, 2.05) is 19.1 Å². The third-order valence-electron chi connectivity index (χ3n) is 4.46. The standard InChI is InChI=1S/C22H20ClFN2O3S/c1-2-26(15-16-6-5-7-18(23)14-16)22(27)17-10-12-19(13-11-17)30(28,29)25-21-9-4-3-8-20(21)24/h3-14,25H,2,15H2,1H3. The summed E-state index contributed by atoms with van der Waals surface area (Å²) in [4.78, 5) is 14.4. The molecule has 1 N–H and O–H groups in total. The second-order valence-corrected chi connectivity index (χ2v) is 8.68. The van der Waals surface area contributed by atoms with Crippen LogP contribution in [0.25, 0.3) is 0 Å². The molecule has 0 fully saturated rings. The number of anilines is 1. The Morgan fingerprint density at radius 1 is 1.03 bits per heavy atom. The highest BCUT2D eigenvalue weighted by Gasteiger charge is 2.19. The molecule has 5 nitrogen and oxygen atoms in total. The number of nitrogens with one attached hydrogen (secondary N) is 1. The molecule has 0 bridgehead atoms. The van der Waals surface area contributed by atoms with E-state index in [0.717, 1.165) is 5.56 Å². The first-order valence-corrected chi connectivity index (χ1v) is 11.1. The zero-order chi connectivity index (χ0) is 21.7. The Kier molecular flexibility index (Phi) is 6.74. The van der Waals surface area contributed by atoms with Crippen LogP contribution in [0.5, 0.6) is 0 Å². The van der Waals surface area contributed by atoms with Gasteiger partial charge in [0.15, 0.2) is 0 Å². The number of para-hydroxylation sites is 1. The van der Waals surface area contributed by atoms with E-state index >= 15 is 0 Å². The van der Waals surface area contributed by atoms with Crippen molar-refractivity contribution >= 4 is 33.2 Å². The van der Waals surface area contributed by atoms with Crippen molar-refractivity contribution in [2.24, 2.45) is 0 Å². The van der Waals surface area contributed by atoms with E-state index in [9.17, 15) is 17.6 Å². The van der Waals surface area contributed by atoms with Gasteiger partial charge in [-0.3, -0.25) is 9.52 Å². The van der Waals surface area contributed by atoms with Crippen molar-refractivity contribution in [1.29, 1.82) is 0 Å². The van der Waals surface area contributed by atoms with E-state index in [1.54, 1.807) is 17.0 Å². The third kappa shape index (κ3) is 5.17. The molecule has 3 aromatic carbocycles. The highest BCUT2D eigenvalue weighted by Crippen LogP contribution is 2.20. The Morgan fingerprint density at radius 2 is 1.73 bits per heavy atom. The van der Waals surface area contributed by atoms with Gasteiger partial charge in [-0.05, 0) is 61.0 Å². The minimum Gasteiger partial charge on any atom is -0.335 e. The number of halogens is 2. The van der Waals surface area contributed by atoms with Crippen LogP contribution in [-0.4, -0.2) is 25.8 Å². The number of hydrogen-bond donors (Lipinski definition) is 1. The van der Waals surface area contributed by atoms with Gasteiger partial charge < -0.3 is 4.90 Å². The Hall–Kier alpha value is -2.90. The van der Waals surface area contributed by atoms with Crippen LogP contribution in [0.15, 0.2) is 77.7 Å². The molecule has 8 heteroatoms. The zero-order valence-electron chi connectivity index (χ0n) is 16.2. The summed E-state index contributed by atoms with van der Waals surface area (Å²) in [7, 11) is -3.99. The smallest absolute Gasteiger partial charge is 0.261 e. The molecule has 0 saturated carbocycles. The number of sulfonamides is 1. The predicted octanol–water partition coefficient (Wildman–Crippen LogP) is 4.94. The molecule has 3 aromatic rings. The third-order valence-corrected chi connectivity index (χ3v) is 6.08. The maximum absolute atomic E-state index is 13.8. The van der Waals surface area contributed by atoms with Crippen molar-refractivity contribution in [2.75, 3.05) is 11.3 Å². The number of amides is 1. The number of nitrogens with zero attached hydrogens (tertiary/aromatic N) is 1. The van der Waals surface area contributed by atoms with Crippen LogP contribution in [-0.2, 0) is 16.6 Å². The first-order valence-electron chi connectivity index (χ1n) is 9.21. The summed E-state index contributed by atoms with van der Waals surface area (Å²) in [5.41, 5.74) is 1.10. The van der Waals surface area contributed by atoms with Crippen molar-refractivity contribution in [3.8, 4) is 0 Å². The quantitative estimate of drug-likeness (QED) is 0.558. The molecule has 0 unspecified atom stereocenters. The second kappa shape index (κ2) is 9.28. The highest BCUT2D eigenvalue weighted by atomic mass is 35.5. The second-order valence-electron chi connectivity index (χ2n) is 6.56. The molecular formula is C22H20ClFN2O3S. The summed E-state index contributed by atoms with van der Waals surface area (Å²) in [6.07, 6.45) is 0. The van der Waals surface area contributed by atoms with Crippen LogP contribution >= 0.6 is 11.6 Å². The summed E-state index contributed by atoms with van der Waals surface area (Å²) in [6.45, 7) is 2.71. The summed E-state index contributed by atoms with van der Waals surface area (Å²) < 4.78 is 41.0. The van der Waals surface area contributed by atoms with Gasteiger partial charge in [0.1, 0.15) is 5.82 Å². The van der Waals surface area contributed by atoms with Gasteiger partial charge in [0.2, 0.25) is 0 Å². The molecule has 1 amide bonds. The van der Waals surface area contributed by atoms with Gasteiger partial charge in [-0.1, -0.05) is 35.9 Å². The van der Waals surface area contributed by atoms with Crippen LogP contribution in [0.1, 0.15) is 22.8 Å². The number of carbonyl (C=O) groups is 1. The van der Waals surface area contributed by atoms with Gasteiger partial charge in [-0.15, -0.1) is 0 Å². The molecule has 0 saturated heterocycles. The molecule has 0 spiro atoms. The molecule has 0 aliphatic heterocycles. The fourth-order valence-corrected chi connectivity index (χ4v) is 4.17. The van der Waals surface area contributed by atoms with Gasteiger partial charge in [0.05, 0.1) is 10.6 Å². The first kappa shape index (κ1) is 21.8. The maximum atomic E-state index is 13.8. The lowest BCUT2D eigenvalue weighted by Gasteiger charge is -2.21. The molecule has 0 heterocycles. The molecule has 0 atom stereocenters. The predicted molar refractivity (Wildman–Crippen MR) is 116 cm³/mol. The average Bonchev–Trinajstić information content (AvgIpc) is 2.73. The van der Waals surface area contributed by atoms with E-state index in [-0.39, 0.29) is 16.5 Å². The van der Waals surface area contributed by atoms with E-state index < -0.39 is 15.8 Å². The van der Waals surface area contributed by atoms with Crippen molar-refractivity contribution in [1.82, 2.24) is 4.90 Å². The fraction of sp³-hybridized carbons (Fsp3) is 0.136. The normalized spacial score (nSPS) is 11.2. The number of carbonyl (C=O) groups excluding carboxylic acids is 1. The monoisotopic (exact) mass is 446 g/mol. The van der Waals surface area contributed by atoms with Crippen molar-refractivity contribution in [3.63, 3.8) is 0 Å². The molecule has 156 valence electrons. The van der Waals surface area contributed by atoms with Gasteiger partial charge in [-0.2, -0.15) is 0 Å². The molecule has 0 aliphatic carbocycles. The Morgan fingerprint density at radius 3 is 2.37 bits per heavy atom.